The molecular weight excluding hydrogens is 127 g/mol. The van der Waals surface area contributed by atoms with Crippen LogP contribution in [0.1, 0.15) is 19.3 Å². The molecule has 0 aromatic carbocycles. The lowest BCUT2D eigenvalue weighted by atomic mass is 9.71. The van der Waals surface area contributed by atoms with Gasteiger partial charge >= 0.3 is 0 Å². The molecule has 0 amide bonds. The maximum absolute atomic E-state index is 9.34. The van der Waals surface area contributed by atoms with Crippen LogP contribution in [0.15, 0.2) is 0 Å². The third-order valence-electron chi connectivity index (χ3n) is 2.62. The van der Waals surface area contributed by atoms with E-state index in [-0.39, 0.29) is 6.10 Å². The Morgan fingerprint density at radius 2 is 2.20 bits per heavy atom. The van der Waals surface area contributed by atoms with Crippen molar-refractivity contribution < 1.29 is 9.76 Å². The highest BCUT2D eigenvalue weighted by atomic mass is 16.4. The minimum Gasteiger partial charge on any atom is -0.437 e. The van der Waals surface area contributed by atoms with Crippen molar-refractivity contribution in [2.24, 2.45) is 5.92 Å². The van der Waals surface area contributed by atoms with Crippen molar-refractivity contribution in [2.45, 2.75) is 37.8 Å². The second-order valence-corrected chi connectivity index (χ2v) is 3.51. The lowest BCUT2D eigenvalue weighted by molar-refractivity contribution is 0.0175. The number of aliphatic hydroxyl groups excluding tert-OH is 1. The lowest BCUT2D eigenvalue weighted by Crippen LogP contribution is -2.37. The van der Waals surface area contributed by atoms with Crippen LogP contribution in [0.5, 0.6) is 0 Å². The van der Waals surface area contributed by atoms with E-state index in [1.54, 1.807) is 0 Å². The van der Waals surface area contributed by atoms with E-state index < -0.39 is 0 Å². The van der Waals surface area contributed by atoms with E-state index in [4.69, 9.17) is 4.65 Å². The first kappa shape index (κ1) is 6.68. The van der Waals surface area contributed by atoms with Gasteiger partial charge in [0.1, 0.15) is 0 Å². The molecule has 1 N–H and O–H groups in total. The summed E-state index contributed by atoms with van der Waals surface area (Å²) in [7, 11) is 0.919. The molecule has 1 aliphatic heterocycles. The average Bonchev–Trinajstić information content (AvgIpc) is 1.85. The van der Waals surface area contributed by atoms with E-state index in [0.29, 0.717) is 6.10 Å². The highest BCUT2D eigenvalue weighted by molar-refractivity contribution is 6.27. The van der Waals surface area contributed by atoms with E-state index in [9.17, 15) is 5.11 Å². The molecule has 0 spiro atoms. The lowest BCUT2D eigenvalue weighted by Gasteiger charge is -2.36. The van der Waals surface area contributed by atoms with Gasteiger partial charge in [-0.1, -0.05) is 0 Å². The first-order valence-corrected chi connectivity index (χ1v) is 4.14. The normalized spacial score (nSPS) is 46.3. The van der Waals surface area contributed by atoms with Crippen molar-refractivity contribution in [2.75, 3.05) is 0 Å². The summed E-state index contributed by atoms with van der Waals surface area (Å²) in [4.78, 5) is 0. The summed E-state index contributed by atoms with van der Waals surface area (Å²) in [6.07, 6.45) is 4.53. The van der Waals surface area contributed by atoms with Crippen molar-refractivity contribution in [1.82, 2.24) is 0 Å². The Morgan fingerprint density at radius 1 is 1.30 bits per heavy atom. The Hall–Kier alpha value is -0.0151. The fourth-order valence-corrected chi connectivity index (χ4v) is 2.12. The van der Waals surface area contributed by atoms with Crippen LogP contribution in [-0.2, 0) is 4.65 Å². The average molecular weight is 140 g/mol. The molecule has 56 valence electrons. The van der Waals surface area contributed by atoms with Crippen LogP contribution in [0.25, 0.3) is 0 Å². The van der Waals surface area contributed by atoms with Crippen molar-refractivity contribution in [3.05, 3.63) is 0 Å². The molecule has 1 saturated heterocycles. The second kappa shape index (κ2) is 2.55. The molecule has 10 heavy (non-hydrogen) atoms. The van der Waals surface area contributed by atoms with Gasteiger partial charge in [-0.15, -0.1) is 0 Å². The molecule has 1 aliphatic carbocycles. The van der Waals surface area contributed by atoms with Crippen LogP contribution in [0, 0.1) is 5.92 Å². The first-order valence-electron chi connectivity index (χ1n) is 4.14. The Labute approximate surface area is 61.8 Å². The van der Waals surface area contributed by atoms with E-state index in [2.05, 4.69) is 0 Å². The summed E-state index contributed by atoms with van der Waals surface area (Å²) in [5.41, 5.74) is 0. The van der Waals surface area contributed by atoms with Gasteiger partial charge in [-0.25, -0.2) is 0 Å². The summed E-state index contributed by atoms with van der Waals surface area (Å²) in [5, 5.41) is 9.34. The Balaban J connectivity index is 1.98. The Bertz CT molecular complexity index is 113. The molecule has 2 aliphatic rings. The second-order valence-electron chi connectivity index (χ2n) is 3.51. The van der Waals surface area contributed by atoms with E-state index >= 15 is 0 Å². The monoisotopic (exact) mass is 140 g/mol. The van der Waals surface area contributed by atoms with Gasteiger partial charge < -0.3 is 9.76 Å². The van der Waals surface area contributed by atoms with Crippen LogP contribution in [-0.4, -0.2) is 24.8 Å². The van der Waals surface area contributed by atoms with Gasteiger partial charge in [0.15, 0.2) is 0 Å². The molecular formula is C7H13BO2. The fourth-order valence-electron chi connectivity index (χ4n) is 2.12. The van der Waals surface area contributed by atoms with E-state index in [0.717, 1.165) is 32.6 Å². The van der Waals surface area contributed by atoms with Gasteiger partial charge in [-0.05, 0) is 31.5 Å². The van der Waals surface area contributed by atoms with Crippen molar-refractivity contribution >= 4 is 7.48 Å². The van der Waals surface area contributed by atoms with Crippen molar-refractivity contribution in [1.29, 1.82) is 0 Å². The number of aliphatic hydroxyl groups is 1. The molecule has 1 saturated carbocycles. The third-order valence-corrected chi connectivity index (χ3v) is 2.62. The molecule has 3 atom stereocenters. The third kappa shape index (κ3) is 1.20. The maximum atomic E-state index is 9.34. The Morgan fingerprint density at radius 3 is 3.00 bits per heavy atom. The topological polar surface area (TPSA) is 29.5 Å². The van der Waals surface area contributed by atoms with Gasteiger partial charge in [0.05, 0.1) is 6.10 Å². The quantitative estimate of drug-likeness (QED) is 0.491. The van der Waals surface area contributed by atoms with Crippen LogP contribution in [0.2, 0.25) is 6.32 Å². The van der Waals surface area contributed by atoms with Gasteiger partial charge in [0.25, 0.3) is 7.48 Å². The largest absolute Gasteiger partial charge is 0.437 e. The molecule has 1 heterocycles. The molecule has 0 radical (unpaired) electrons. The molecule has 2 fully saturated rings. The van der Waals surface area contributed by atoms with Crippen LogP contribution >= 0.6 is 0 Å². The summed E-state index contributed by atoms with van der Waals surface area (Å²) in [6, 6.07) is 0. The molecule has 2 bridgehead atoms. The zero-order chi connectivity index (χ0) is 6.97. The van der Waals surface area contributed by atoms with Crippen LogP contribution in [0.4, 0.5) is 0 Å². The highest BCUT2D eigenvalue weighted by Gasteiger charge is 2.31. The molecule has 2 rings (SSSR count). The maximum Gasteiger partial charge on any atom is 0.275 e. The van der Waals surface area contributed by atoms with E-state index in [1.165, 1.54) is 6.42 Å². The zero-order valence-corrected chi connectivity index (χ0v) is 6.12. The predicted molar refractivity (Wildman–Crippen MR) is 40.2 cm³/mol. The van der Waals surface area contributed by atoms with Gasteiger partial charge in [-0.2, -0.15) is 0 Å². The van der Waals surface area contributed by atoms with Gasteiger partial charge in [0.2, 0.25) is 0 Å². The van der Waals surface area contributed by atoms with Crippen LogP contribution in [0.3, 0.4) is 0 Å². The van der Waals surface area contributed by atoms with Gasteiger partial charge in [-0.3, -0.25) is 0 Å². The minimum absolute atomic E-state index is 0.0796. The summed E-state index contributed by atoms with van der Waals surface area (Å²) in [5.74, 6) is 0.752. The molecule has 2 nitrogen and oxygen atoms in total. The first-order chi connectivity index (χ1) is 4.84. The summed E-state index contributed by atoms with van der Waals surface area (Å²) in [6.45, 7) is 0. The summed E-state index contributed by atoms with van der Waals surface area (Å²) >= 11 is 0. The Kier molecular flexibility index (Phi) is 1.70. The molecule has 0 aromatic heterocycles. The molecule has 0 aromatic rings. The van der Waals surface area contributed by atoms with Gasteiger partial charge in [0, 0.05) is 6.10 Å². The number of hydrogen-bond acceptors (Lipinski definition) is 2. The minimum atomic E-state index is -0.0796. The number of rotatable bonds is 0. The zero-order valence-electron chi connectivity index (χ0n) is 6.12. The SMILES string of the molecule is OC1CC2CBOC(C1)C2. The molecule has 3 heteroatoms. The van der Waals surface area contributed by atoms with Crippen molar-refractivity contribution in [3.63, 3.8) is 0 Å². The van der Waals surface area contributed by atoms with Crippen LogP contribution < -0.4 is 0 Å². The summed E-state index contributed by atoms with van der Waals surface area (Å²) < 4.78 is 5.46. The smallest absolute Gasteiger partial charge is 0.275 e. The van der Waals surface area contributed by atoms with E-state index in [1.807, 2.05) is 0 Å². The highest BCUT2D eigenvalue weighted by Crippen LogP contribution is 2.32. The standard InChI is InChI=1S/C7H13BO2/c9-6-1-5-2-7(3-6)10-8-4-5/h5-9H,1-4H2. The predicted octanol–water partition coefficient (Wildman–Crippen LogP) is 0.316. The fraction of sp³-hybridized carbons (Fsp3) is 1.00. The van der Waals surface area contributed by atoms with Crippen molar-refractivity contribution in [3.8, 4) is 0 Å². The number of hydrogen-bond donors (Lipinski definition) is 1. The molecule has 3 unspecified atom stereocenters. The number of fused-ring (bicyclic) bond motifs is 2.